The minimum atomic E-state index is -0.267. The zero-order valence-corrected chi connectivity index (χ0v) is 10.8. The maximum absolute atomic E-state index is 11.2. The summed E-state index contributed by atoms with van der Waals surface area (Å²) >= 11 is 0. The molecule has 0 radical (unpaired) electrons. The number of nitrogens with two attached hydrogens (primary N) is 1. The fraction of sp³-hybridized carbons (Fsp3) is 0.400. The molecule has 0 unspecified atom stereocenters. The van der Waals surface area contributed by atoms with E-state index in [2.05, 4.69) is 11.9 Å². The van der Waals surface area contributed by atoms with E-state index in [1.54, 1.807) is 0 Å². The predicted octanol–water partition coefficient (Wildman–Crippen LogP) is 2.93. The first-order chi connectivity index (χ1) is 8.72. The quantitative estimate of drug-likeness (QED) is 0.754. The molecule has 0 bridgehead atoms. The Morgan fingerprint density at radius 1 is 1.28 bits per heavy atom. The van der Waals surface area contributed by atoms with Crippen LogP contribution in [0.5, 0.6) is 0 Å². The van der Waals surface area contributed by atoms with Crippen molar-refractivity contribution in [3.05, 3.63) is 35.5 Å². The van der Waals surface area contributed by atoms with Crippen LogP contribution in [0.2, 0.25) is 0 Å². The van der Waals surface area contributed by atoms with Crippen LogP contribution in [0.15, 0.2) is 24.3 Å². The van der Waals surface area contributed by atoms with Crippen LogP contribution in [0.1, 0.15) is 37.4 Å². The Morgan fingerprint density at radius 3 is 2.78 bits per heavy atom. The fourth-order valence-corrected chi connectivity index (χ4v) is 2.40. The first kappa shape index (κ1) is 12.7. The second kappa shape index (κ2) is 5.71. The van der Waals surface area contributed by atoms with E-state index in [1.165, 1.54) is 18.5 Å². The summed E-state index contributed by atoms with van der Waals surface area (Å²) in [6.45, 7) is 2.19. The minimum Gasteiger partial charge on any atom is -0.369 e. The van der Waals surface area contributed by atoms with Crippen molar-refractivity contribution >= 4 is 16.8 Å². The lowest BCUT2D eigenvalue weighted by molar-refractivity contribution is -0.117. The van der Waals surface area contributed by atoms with E-state index < -0.39 is 0 Å². The number of H-pyrrole nitrogens is 1. The molecule has 1 amide bonds. The van der Waals surface area contributed by atoms with Crippen LogP contribution >= 0.6 is 0 Å². The Bertz CT molecular complexity index is 542. The third-order valence-corrected chi connectivity index (χ3v) is 3.28. The van der Waals surface area contributed by atoms with E-state index in [4.69, 9.17) is 5.73 Å². The van der Waals surface area contributed by atoms with Crippen molar-refractivity contribution in [3.63, 3.8) is 0 Å². The highest BCUT2D eigenvalue weighted by molar-refractivity contribution is 5.89. The third kappa shape index (κ3) is 2.73. The molecule has 3 heteroatoms. The van der Waals surface area contributed by atoms with Crippen molar-refractivity contribution in [2.24, 2.45) is 5.73 Å². The van der Waals surface area contributed by atoms with Crippen LogP contribution in [-0.4, -0.2) is 10.9 Å². The summed E-state index contributed by atoms with van der Waals surface area (Å²) in [5.74, 6) is -0.267. The number of aryl methyl sites for hydroxylation is 1. The molecule has 1 aromatic carbocycles. The summed E-state index contributed by atoms with van der Waals surface area (Å²) in [6.07, 6.45) is 4.88. The van der Waals surface area contributed by atoms with Gasteiger partial charge in [0.1, 0.15) is 0 Å². The molecule has 96 valence electrons. The number of hydrogen-bond acceptors (Lipinski definition) is 1. The van der Waals surface area contributed by atoms with Crippen molar-refractivity contribution in [2.75, 3.05) is 0 Å². The average molecular weight is 244 g/mol. The number of fused-ring (bicyclic) bond motifs is 1. The molecule has 0 spiro atoms. The molecule has 0 saturated heterocycles. The fourth-order valence-electron chi connectivity index (χ4n) is 2.40. The van der Waals surface area contributed by atoms with Gasteiger partial charge in [0.05, 0.1) is 6.42 Å². The molecule has 3 nitrogen and oxygen atoms in total. The molecular formula is C15H20N2O. The molecule has 18 heavy (non-hydrogen) atoms. The molecule has 3 N–H and O–H groups in total. The van der Waals surface area contributed by atoms with Crippen LogP contribution in [0.4, 0.5) is 0 Å². The number of rotatable bonds is 6. The smallest absolute Gasteiger partial charge is 0.221 e. The molecule has 0 aliphatic carbocycles. The lowest BCUT2D eigenvalue weighted by Gasteiger charge is -2.02. The standard InChI is InChI=1S/C15H20N2O/c1-2-3-4-8-14-12(10-15(16)18)11-7-5-6-9-13(11)17-14/h5-7,9,17H,2-4,8,10H2,1H3,(H2,16,18). The Kier molecular flexibility index (Phi) is 4.03. The number of nitrogens with one attached hydrogen (secondary N) is 1. The van der Waals surface area contributed by atoms with Gasteiger partial charge in [0.25, 0.3) is 0 Å². The van der Waals surface area contributed by atoms with Crippen LogP contribution in [-0.2, 0) is 17.6 Å². The van der Waals surface area contributed by atoms with Gasteiger partial charge in [-0.15, -0.1) is 0 Å². The van der Waals surface area contributed by atoms with Gasteiger partial charge in [-0.25, -0.2) is 0 Å². The maximum Gasteiger partial charge on any atom is 0.221 e. The summed E-state index contributed by atoms with van der Waals surface area (Å²) < 4.78 is 0. The van der Waals surface area contributed by atoms with Crippen molar-refractivity contribution in [2.45, 2.75) is 39.0 Å². The van der Waals surface area contributed by atoms with Gasteiger partial charge >= 0.3 is 0 Å². The molecule has 2 rings (SSSR count). The SMILES string of the molecule is CCCCCc1[nH]c2ccccc2c1CC(N)=O. The number of carbonyl (C=O) groups excluding carboxylic acids is 1. The van der Waals surface area contributed by atoms with Crippen LogP contribution in [0, 0.1) is 0 Å². The van der Waals surface area contributed by atoms with Crippen molar-refractivity contribution in [3.8, 4) is 0 Å². The van der Waals surface area contributed by atoms with E-state index in [9.17, 15) is 4.79 Å². The van der Waals surface area contributed by atoms with Crippen LogP contribution in [0.25, 0.3) is 10.9 Å². The van der Waals surface area contributed by atoms with Gasteiger partial charge in [-0.2, -0.15) is 0 Å². The van der Waals surface area contributed by atoms with Gasteiger partial charge in [-0.3, -0.25) is 4.79 Å². The number of hydrogen-bond donors (Lipinski definition) is 2. The molecule has 0 aliphatic rings. The molecule has 0 saturated carbocycles. The molecule has 1 heterocycles. The molecule has 0 fully saturated rings. The topological polar surface area (TPSA) is 58.9 Å². The zero-order chi connectivity index (χ0) is 13.0. The first-order valence-corrected chi connectivity index (χ1v) is 6.59. The lowest BCUT2D eigenvalue weighted by Crippen LogP contribution is -2.14. The van der Waals surface area contributed by atoms with E-state index >= 15 is 0 Å². The summed E-state index contributed by atoms with van der Waals surface area (Å²) in [5, 5.41) is 1.13. The number of carbonyl (C=O) groups is 1. The van der Waals surface area contributed by atoms with E-state index in [-0.39, 0.29) is 5.91 Å². The highest BCUT2D eigenvalue weighted by Gasteiger charge is 2.12. The molecule has 0 atom stereocenters. The summed E-state index contributed by atoms with van der Waals surface area (Å²) in [4.78, 5) is 14.6. The maximum atomic E-state index is 11.2. The molecule has 1 aromatic heterocycles. The van der Waals surface area contributed by atoms with Gasteiger partial charge in [0.2, 0.25) is 5.91 Å². The monoisotopic (exact) mass is 244 g/mol. The summed E-state index contributed by atoms with van der Waals surface area (Å²) in [6, 6.07) is 8.09. The largest absolute Gasteiger partial charge is 0.369 e. The molecule has 2 aromatic rings. The number of para-hydroxylation sites is 1. The van der Waals surface area contributed by atoms with Crippen molar-refractivity contribution in [1.82, 2.24) is 4.98 Å². The average Bonchev–Trinajstić information content (AvgIpc) is 2.68. The lowest BCUT2D eigenvalue weighted by atomic mass is 10.0. The highest BCUT2D eigenvalue weighted by Crippen LogP contribution is 2.24. The van der Waals surface area contributed by atoms with E-state index in [0.29, 0.717) is 6.42 Å². The van der Waals surface area contributed by atoms with Gasteiger partial charge in [0.15, 0.2) is 0 Å². The predicted molar refractivity (Wildman–Crippen MR) is 74.4 cm³/mol. The van der Waals surface area contributed by atoms with Crippen molar-refractivity contribution in [1.29, 1.82) is 0 Å². The Hall–Kier alpha value is -1.77. The number of unbranched alkanes of at least 4 members (excludes halogenated alkanes) is 2. The van der Waals surface area contributed by atoms with E-state index in [0.717, 1.165) is 29.3 Å². The normalized spacial score (nSPS) is 10.9. The van der Waals surface area contributed by atoms with Crippen LogP contribution < -0.4 is 5.73 Å². The second-order valence-corrected chi connectivity index (χ2v) is 4.73. The minimum absolute atomic E-state index is 0.267. The van der Waals surface area contributed by atoms with Gasteiger partial charge in [-0.1, -0.05) is 38.0 Å². The van der Waals surface area contributed by atoms with Gasteiger partial charge < -0.3 is 10.7 Å². The summed E-state index contributed by atoms with van der Waals surface area (Å²) in [5.41, 5.74) is 8.69. The van der Waals surface area contributed by atoms with Crippen molar-refractivity contribution < 1.29 is 4.79 Å². The number of benzene rings is 1. The third-order valence-electron chi connectivity index (χ3n) is 3.28. The number of amides is 1. The highest BCUT2D eigenvalue weighted by atomic mass is 16.1. The number of aromatic amines is 1. The Labute approximate surface area is 107 Å². The molecular weight excluding hydrogens is 224 g/mol. The summed E-state index contributed by atoms with van der Waals surface area (Å²) in [7, 11) is 0. The van der Waals surface area contributed by atoms with Gasteiger partial charge in [-0.05, 0) is 24.5 Å². The first-order valence-electron chi connectivity index (χ1n) is 6.59. The Balaban J connectivity index is 2.33. The number of primary amides is 1. The second-order valence-electron chi connectivity index (χ2n) is 4.73. The Morgan fingerprint density at radius 2 is 2.06 bits per heavy atom. The van der Waals surface area contributed by atoms with Crippen LogP contribution in [0.3, 0.4) is 0 Å². The number of aromatic nitrogens is 1. The zero-order valence-electron chi connectivity index (χ0n) is 10.8. The molecule has 0 aliphatic heterocycles. The van der Waals surface area contributed by atoms with Gasteiger partial charge in [0, 0.05) is 16.6 Å². The van der Waals surface area contributed by atoms with E-state index in [1.807, 2.05) is 24.3 Å².